The molecule has 9 heteroatoms. The number of amides is 1. The van der Waals surface area contributed by atoms with E-state index in [2.05, 4.69) is 20.9 Å². The molecule has 0 spiro atoms. The second kappa shape index (κ2) is 11.2. The third-order valence-corrected chi connectivity index (χ3v) is 8.76. The summed E-state index contributed by atoms with van der Waals surface area (Å²) in [4.78, 5) is 26.2. The lowest BCUT2D eigenvalue weighted by Gasteiger charge is -2.41. The van der Waals surface area contributed by atoms with Crippen molar-refractivity contribution in [1.29, 1.82) is 0 Å². The topological polar surface area (TPSA) is 84.3 Å². The van der Waals surface area contributed by atoms with Crippen LogP contribution < -0.4 is 9.64 Å². The number of nitrogens with zero attached hydrogens (tertiary/aromatic N) is 3. The quantitative estimate of drug-likeness (QED) is 0.232. The summed E-state index contributed by atoms with van der Waals surface area (Å²) in [6, 6.07) is 23.3. The summed E-state index contributed by atoms with van der Waals surface area (Å²) in [6.45, 7) is 2.84. The highest BCUT2D eigenvalue weighted by Crippen LogP contribution is 2.50. The summed E-state index contributed by atoms with van der Waals surface area (Å²) >= 11 is 5.25. The molecule has 0 unspecified atom stereocenters. The Balaban J connectivity index is 1.44. The molecule has 4 aromatic rings. The largest absolute Gasteiger partial charge is 0.494 e. The van der Waals surface area contributed by atoms with Gasteiger partial charge in [-0.05, 0) is 48.9 Å². The molecule has 1 aromatic heterocycles. The van der Waals surface area contributed by atoms with Gasteiger partial charge in [0.05, 0.1) is 29.5 Å². The van der Waals surface area contributed by atoms with E-state index >= 15 is 0 Å². The van der Waals surface area contributed by atoms with E-state index in [-0.39, 0.29) is 12.5 Å². The molecular formula is C31H28BrN3O4S. The lowest BCUT2D eigenvalue weighted by atomic mass is 9.78. The van der Waals surface area contributed by atoms with Crippen LogP contribution in [0.4, 0.5) is 5.69 Å². The van der Waals surface area contributed by atoms with Crippen LogP contribution in [0.15, 0.2) is 87.6 Å². The number of hydrogen-bond donors (Lipinski definition) is 1. The minimum Gasteiger partial charge on any atom is -0.494 e. The number of benzene rings is 3. The van der Waals surface area contributed by atoms with E-state index in [9.17, 15) is 4.79 Å². The summed E-state index contributed by atoms with van der Waals surface area (Å²) in [6.07, 6.45) is 0.340. The molecule has 3 heterocycles. The monoisotopic (exact) mass is 617 g/mol. The maximum atomic E-state index is 14.7. The highest BCUT2D eigenvalue weighted by molar-refractivity contribution is 9.10. The molecule has 0 saturated heterocycles. The first-order valence-corrected chi connectivity index (χ1v) is 14.8. The number of aliphatic hydroxyl groups excluding tert-OH is 1. The van der Waals surface area contributed by atoms with Crippen molar-refractivity contribution in [3.63, 3.8) is 0 Å². The Labute approximate surface area is 245 Å². The third kappa shape index (κ3) is 4.93. The molecule has 0 bridgehead atoms. The fourth-order valence-corrected chi connectivity index (χ4v) is 6.30. The molecule has 40 heavy (non-hydrogen) atoms. The number of carbonyl (C=O) groups excluding carboxylic acids is 1. The zero-order valence-electron chi connectivity index (χ0n) is 21.9. The van der Waals surface area contributed by atoms with Gasteiger partial charge >= 0.3 is 0 Å². The molecule has 2 atom stereocenters. The molecular weight excluding hydrogens is 590 g/mol. The van der Waals surface area contributed by atoms with Gasteiger partial charge in [-0.25, -0.2) is 9.98 Å². The number of rotatable bonds is 9. The number of hydrogen-bond acceptors (Lipinski definition) is 7. The highest BCUT2D eigenvalue weighted by Gasteiger charge is 2.58. The molecule has 3 aromatic carbocycles. The molecule has 0 fully saturated rings. The third-order valence-electron chi connectivity index (χ3n) is 7.17. The summed E-state index contributed by atoms with van der Waals surface area (Å²) in [5.41, 5.74) is 3.13. The van der Waals surface area contributed by atoms with Gasteiger partial charge in [0.1, 0.15) is 5.75 Å². The Morgan fingerprint density at radius 2 is 1.88 bits per heavy atom. The van der Waals surface area contributed by atoms with Crippen molar-refractivity contribution in [3.05, 3.63) is 110 Å². The molecule has 1 amide bonds. The van der Waals surface area contributed by atoms with Crippen molar-refractivity contribution in [2.24, 2.45) is 4.99 Å². The van der Waals surface area contributed by atoms with E-state index < -0.39 is 11.6 Å². The minimum atomic E-state index is -1.20. The lowest BCUT2D eigenvalue weighted by Crippen LogP contribution is -2.55. The van der Waals surface area contributed by atoms with Crippen LogP contribution in [0.25, 0.3) is 0 Å². The average molecular weight is 619 g/mol. The molecule has 2 aliphatic heterocycles. The second-order valence-electron chi connectivity index (χ2n) is 9.87. The van der Waals surface area contributed by atoms with E-state index in [1.807, 2.05) is 90.0 Å². The van der Waals surface area contributed by atoms with Gasteiger partial charge in [-0.3, -0.25) is 4.79 Å². The minimum absolute atomic E-state index is 0.0817. The first kappa shape index (κ1) is 26.7. The molecule has 2 aliphatic rings. The standard InChI is InChI=1S/C31H28BrN3O4S/c1-20-33-23(19-40-20)18-35-27-10-5-3-8-25(27)28-31(30(35)37,17-22-7-2-4-9-26(22)32)34-29(39-28)21-11-13-24(14-12-21)38-16-6-15-36/h2-5,7-14,19,28,36H,6,15-18H2,1H3/t28-,31-/m1/s1. The summed E-state index contributed by atoms with van der Waals surface area (Å²) in [5.74, 6) is 1.01. The van der Waals surface area contributed by atoms with Crippen LogP contribution in [-0.4, -0.2) is 40.6 Å². The Bertz CT molecular complexity index is 1570. The summed E-state index contributed by atoms with van der Waals surface area (Å²) in [7, 11) is 0. The fourth-order valence-electron chi connectivity index (χ4n) is 5.27. The van der Waals surface area contributed by atoms with Crippen LogP contribution in [0.5, 0.6) is 5.75 Å². The van der Waals surface area contributed by atoms with E-state index in [0.29, 0.717) is 37.6 Å². The van der Waals surface area contributed by atoms with Crippen molar-refractivity contribution < 1.29 is 19.4 Å². The van der Waals surface area contributed by atoms with Crippen molar-refractivity contribution in [1.82, 2.24) is 4.98 Å². The first-order chi connectivity index (χ1) is 19.5. The van der Waals surface area contributed by atoms with Gasteiger partial charge in [-0.2, -0.15) is 0 Å². The number of halogens is 1. The van der Waals surface area contributed by atoms with Crippen LogP contribution in [0, 0.1) is 6.92 Å². The smallest absolute Gasteiger partial charge is 0.260 e. The van der Waals surface area contributed by atoms with Gasteiger partial charge in [0.25, 0.3) is 5.91 Å². The Kier molecular flexibility index (Phi) is 7.44. The van der Waals surface area contributed by atoms with Gasteiger partial charge in [0.2, 0.25) is 5.90 Å². The number of carbonyl (C=O) groups is 1. The van der Waals surface area contributed by atoms with Gasteiger partial charge in [0, 0.05) is 40.4 Å². The number of fused-ring (bicyclic) bond motifs is 3. The predicted octanol–water partition coefficient (Wildman–Crippen LogP) is 6.02. The summed E-state index contributed by atoms with van der Waals surface area (Å²) < 4.78 is 13.2. The number of aliphatic imine (C=N–C) groups is 1. The van der Waals surface area contributed by atoms with Crippen molar-refractivity contribution >= 4 is 44.8 Å². The number of para-hydroxylation sites is 1. The maximum Gasteiger partial charge on any atom is 0.260 e. The van der Waals surface area contributed by atoms with Gasteiger partial charge in [0.15, 0.2) is 11.6 Å². The van der Waals surface area contributed by atoms with Crippen LogP contribution in [0.2, 0.25) is 0 Å². The number of aliphatic hydroxyl groups is 1. The molecule has 0 saturated carbocycles. The van der Waals surface area contributed by atoms with E-state index in [1.165, 1.54) is 0 Å². The SMILES string of the molecule is Cc1nc(CN2C(=O)[C@]3(Cc4ccccc4Br)N=C(c4ccc(OCCCO)cc4)O[C@@H]3c3ccccc32)cs1. The molecule has 6 rings (SSSR count). The number of aromatic nitrogens is 1. The Morgan fingerprint density at radius 3 is 2.62 bits per heavy atom. The highest BCUT2D eigenvalue weighted by atomic mass is 79.9. The van der Waals surface area contributed by atoms with Crippen molar-refractivity contribution in [2.45, 2.75) is 38.0 Å². The maximum absolute atomic E-state index is 14.7. The molecule has 0 radical (unpaired) electrons. The van der Waals surface area contributed by atoms with Crippen LogP contribution >= 0.6 is 27.3 Å². The predicted molar refractivity (Wildman–Crippen MR) is 159 cm³/mol. The number of aryl methyl sites for hydroxylation is 1. The van der Waals surface area contributed by atoms with Gasteiger partial charge in [-0.15, -0.1) is 11.3 Å². The van der Waals surface area contributed by atoms with E-state index in [1.54, 1.807) is 11.3 Å². The van der Waals surface area contributed by atoms with E-state index in [4.69, 9.17) is 19.6 Å². The van der Waals surface area contributed by atoms with Crippen molar-refractivity contribution in [2.75, 3.05) is 18.1 Å². The van der Waals surface area contributed by atoms with Crippen molar-refractivity contribution in [3.8, 4) is 5.75 Å². The number of ether oxygens (including phenoxy) is 2. The van der Waals surface area contributed by atoms with Gasteiger partial charge in [-0.1, -0.05) is 52.3 Å². The zero-order chi connectivity index (χ0) is 27.7. The fraction of sp³-hybridized carbons (Fsp3) is 0.258. The summed E-state index contributed by atoms with van der Waals surface area (Å²) in [5, 5.41) is 12.0. The molecule has 1 N–H and O–H groups in total. The average Bonchev–Trinajstić information content (AvgIpc) is 3.57. The first-order valence-electron chi connectivity index (χ1n) is 13.1. The molecule has 7 nitrogen and oxygen atoms in total. The van der Waals surface area contributed by atoms with Crippen LogP contribution in [-0.2, 0) is 22.5 Å². The Morgan fingerprint density at radius 1 is 1.10 bits per heavy atom. The Hall–Kier alpha value is -3.53. The normalized spacial score (nSPS) is 19.6. The van der Waals surface area contributed by atoms with Crippen LogP contribution in [0.3, 0.4) is 0 Å². The lowest BCUT2D eigenvalue weighted by molar-refractivity contribution is -0.127. The van der Waals surface area contributed by atoms with E-state index in [0.717, 1.165) is 37.6 Å². The zero-order valence-corrected chi connectivity index (χ0v) is 24.3. The number of anilines is 1. The van der Waals surface area contributed by atoms with Crippen LogP contribution in [0.1, 0.15) is 39.9 Å². The van der Waals surface area contributed by atoms with Gasteiger partial charge < -0.3 is 19.5 Å². The second-order valence-corrected chi connectivity index (χ2v) is 11.8. The molecule has 0 aliphatic carbocycles. The number of thiazole rings is 1. The molecule has 204 valence electrons.